The molecule has 0 aromatic carbocycles. The van der Waals surface area contributed by atoms with E-state index in [-0.39, 0.29) is 0 Å². The fourth-order valence-electron chi connectivity index (χ4n) is 2.13. The van der Waals surface area contributed by atoms with Crippen LogP contribution in [0, 0.1) is 0 Å². The van der Waals surface area contributed by atoms with Gasteiger partial charge in [0.2, 0.25) is 0 Å². The quantitative estimate of drug-likeness (QED) is 0.832. The van der Waals surface area contributed by atoms with Crippen molar-refractivity contribution < 1.29 is 14.6 Å². The van der Waals surface area contributed by atoms with E-state index in [1.807, 2.05) is 18.5 Å². The Morgan fingerprint density at radius 3 is 2.79 bits per heavy atom. The van der Waals surface area contributed by atoms with Crippen LogP contribution >= 0.6 is 11.3 Å². The number of rotatable bonds is 6. The summed E-state index contributed by atoms with van der Waals surface area (Å²) in [5.74, 6) is -0.885. The number of carbonyl (C=O) groups is 1. The maximum atomic E-state index is 11.0. The van der Waals surface area contributed by atoms with Gasteiger partial charge in [-0.1, -0.05) is 0 Å². The summed E-state index contributed by atoms with van der Waals surface area (Å²) in [5.41, 5.74) is 0. The first-order chi connectivity index (χ1) is 9.20. The van der Waals surface area contributed by atoms with Crippen molar-refractivity contribution >= 4 is 22.4 Å². The predicted molar refractivity (Wildman–Crippen MR) is 73.8 cm³/mol. The highest BCUT2D eigenvalue weighted by Gasteiger charge is 2.25. The molecule has 0 spiro atoms. The monoisotopic (exact) mass is 285 g/mol. The van der Waals surface area contributed by atoms with E-state index in [9.17, 15) is 4.79 Å². The highest BCUT2D eigenvalue weighted by molar-refractivity contribution is 7.13. The molecule has 7 heteroatoms. The highest BCUT2D eigenvalue weighted by Crippen LogP contribution is 2.18. The van der Waals surface area contributed by atoms with Gasteiger partial charge in [0.05, 0.1) is 0 Å². The zero-order chi connectivity index (χ0) is 13.7. The number of ether oxygens (including phenoxy) is 1. The van der Waals surface area contributed by atoms with Gasteiger partial charge in [-0.3, -0.25) is 4.90 Å². The Bertz CT molecular complexity index is 391. The van der Waals surface area contributed by atoms with E-state index in [1.54, 1.807) is 11.3 Å². The number of hydrogen-bond acceptors (Lipinski definition) is 6. The number of carboxylic acid groups (broad SMARTS) is 1. The summed E-state index contributed by atoms with van der Waals surface area (Å²) in [6.45, 7) is 6.14. The molecule has 1 aromatic heterocycles. The van der Waals surface area contributed by atoms with Gasteiger partial charge in [-0.05, 0) is 6.92 Å². The first kappa shape index (κ1) is 14.2. The summed E-state index contributed by atoms with van der Waals surface area (Å²) in [5, 5.41) is 12.1. The van der Waals surface area contributed by atoms with Crippen molar-refractivity contribution in [2.75, 3.05) is 44.2 Å². The Hall–Kier alpha value is -1.18. The largest absolute Gasteiger partial charge is 0.479 e. The van der Waals surface area contributed by atoms with Gasteiger partial charge in [0, 0.05) is 50.9 Å². The third-order valence-corrected chi connectivity index (χ3v) is 3.96. The summed E-state index contributed by atoms with van der Waals surface area (Å²) in [7, 11) is 0. The van der Waals surface area contributed by atoms with Gasteiger partial charge in [0.1, 0.15) is 0 Å². The highest BCUT2D eigenvalue weighted by atomic mass is 32.1. The summed E-state index contributed by atoms with van der Waals surface area (Å²) >= 11 is 1.64. The molecule has 1 atom stereocenters. The average Bonchev–Trinajstić information content (AvgIpc) is 2.93. The zero-order valence-corrected chi connectivity index (χ0v) is 11.8. The van der Waals surface area contributed by atoms with Crippen LogP contribution in [0.2, 0.25) is 0 Å². The predicted octanol–water partition coefficient (Wildman–Crippen LogP) is 0.755. The van der Waals surface area contributed by atoms with Crippen LogP contribution < -0.4 is 4.90 Å². The summed E-state index contributed by atoms with van der Waals surface area (Å²) in [6, 6.07) is 0. The lowest BCUT2D eigenvalue weighted by Gasteiger charge is -2.35. The van der Waals surface area contributed by atoms with Crippen LogP contribution in [0.3, 0.4) is 0 Å². The molecule has 1 N–H and O–H groups in total. The molecule has 1 unspecified atom stereocenters. The molecule has 106 valence electrons. The molecule has 0 saturated carbocycles. The molecule has 1 saturated heterocycles. The van der Waals surface area contributed by atoms with E-state index >= 15 is 0 Å². The van der Waals surface area contributed by atoms with Crippen LogP contribution in [0.4, 0.5) is 5.13 Å². The molecule has 2 rings (SSSR count). The van der Waals surface area contributed by atoms with E-state index in [0.29, 0.717) is 13.2 Å². The Morgan fingerprint density at radius 2 is 2.26 bits per heavy atom. The number of carboxylic acids is 1. The van der Waals surface area contributed by atoms with Gasteiger partial charge < -0.3 is 14.7 Å². The zero-order valence-electron chi connectivity index (χ0n) is 11.0. The van der Waals surface area contributed by atoms with Crippen LogP contribution in [0.1, 0.15) is 6.92 Å². The van der Waals surface area contributed by atoms with Gasteiger partial charge in [0.15, 0.2) is 11.2 Å². The Labute approximate surface area is 116 Å². The summed E-state index contributed by atoms with van der Waals surface area (Å²) in [6.07, 6.45) is 1.08. The smallest absolute Gasteiger partial charge is 0.334 e. The van der Waals surface area contributed by atoms with E-state index in [1.165, 1.54) is 0 Å². The van der Waals surface area contributed by atoms with Crippen LogP contribution in [-0.4, -0.2) is 66.4 Å². The van der Waals surface area contributed by atoms with Crippen molar-refractivity contribution in [3.05, 3.63) is 11.6 Å². The van der Waals surface area contributed by atoms with Gasteiger partial charge in [0.25, 0.3) is 0 Å². The Kier molecular flexibility index (Phi) is 5.12. The summed E-state index contributed by atoms with van der Waals surface area (Å²) < 4.78 is 5.24. The van der Waals surface area contributed by atoms with Crippen molar-refractivity contribution in [2.24, 2.45) is 0 Å². The average molecular weight is 285 g/mol. The topological polar surface area (TPSA) is 65.9 Å². The van der Waals surface area contributed by atoms with Crippen LogP contribution in [0.25, 0.3) is 0 Å². The normalized spacial score (nSPS) is 18.5. The van der Waals surface area contributed by atoms with Gasteiger partial charge in [-0.25, -0.2) is 9.78 Å². The molecule has 0 amide bonds. The SMILES string of the molecule is CCOC(CN1CCN(c2nccs2)CC1)C(=O)O. The lowest BCUT2D eigenvalue weighted by atomic mass is 10.2. The molecule has 0 radical (unpaired) electrons. The van der Waals surface area contributed by atoms with Gasteiger partial charge >= 0.3 is 5.97 Å². The van der Waals surface area contributed by atoms with E-state index < -0.39 is 12.1 Å². The maximum Gasteiger partial charge on any atom is 0.334 e. The second kappa shape index (κ2) is 6.83. The number of anilines is 1. The molecule has 19 heavy (non-hydrogen) atoms. The standard InChI is InChI=1S/C12H19N3O3S/c1-2-18-10(11(16)17)9-14-4-6-15(7-5-14)12-13-3-8-19-12/h3,8,10H,2,4-7,9H2,1H3,(H,16,17). The maximum absolute atomic E-state index is 11.0. The first-order valence-electron chi connectivity index (χ1n) is 6.42. The number of aromatic nitrogens is 1. The van der Waals surface area contributed by atoms with E-state index in [4.69, 9.17) is 9.84 Å². The third-order valence-electron chi connectivity index (χ3n) is 3.13. The van der Waals surface area contributed by atoms with Gasteiger partial charge in [-0.2, -0.15) is 0 Å². The molecule has 1 aromatic rings. The lowest BCUT2D eigenvalue weighted by molar-refractivity contribution is -0.151. The van der Waals surface area contributed by atoms with Crippen molar-refractivity contribution in [3.63, 3.8) is 0 Å². The Morgan fingerprint density at radius 1 is 1.53 bits per heavy atom. The molecule has 6 nitrogen and oxygen atoms in total. The lowest BCUT2D eigenvalue weighted by Crippen LogP contribution is -2.50. The molecule has 0 bridgehead atoms. The Balaban J connectivity index is 1.81. The minimum absolute atomic E-state index is 0.427. The summed E-state index contributed by atoms with van der Waals surface area (Å²) in [4.78, 5) is 19.7. The van der Waals surface area contributed by atoms with Gasteiger partial charge in [-0.15, -0.1) is 11.3 Å². The molecular formula is C12H19N3O3S. The molecule has 1 aliphatic heterocycles. The number of nitrogens with zero attached hydrogens (tertiary/aromatic N) is 3. The fraction of sp³-hybridized carbons (Fsp3) is 0.667. The second-order valence-corrected chi connectivity index (χ2v) is 5.26. The number of hydrogen-bond donors (Lipinski definition) is 1. The van der Waals surface area contributed by atoms with Crippen molar-refractivity contribution in [2.45, 2.75) is 13.0 Å². The fourth-order valence-corrected chi connectivity index (χ4v) is 2.83. The third kappa shape index (κ3) is 3.89. The minimum Gasteiger partial charge on any atom is -0.479 e. The minimum atomic E-state index is -0.885. The van der Waals surface area contributed by atoms with Crippen molar-refractivity contribution in [3.8, 4) is 0 Å². The molecule has 1 fully saturated rings. The van der Waals surface area contributed by atoms with Crippen LogP contribution in [-0.2, 0) is 9.53 Å². The van der Waals surface area contributed by atoms with Crippen molar-refractivity contribution in [1.29, 1.82) is 0 Å². The molecular weight excluding hydrogens is 266 g/mol. The molecule has 2 heterocycles. The van der Waals surface area contributed by atoms with Crippen LogP contribution in [0.5, 0.6) is 0 Å². The number of piperazine rings is 1. The molecule has 1 aliphatic rings. The second-order valence-electron chi connectivity index (χ2n) is 4.38. The van der Waals surface area contributed by atoms with E-state index in [0.717, 1.165) is 31.3 Å². The molecule has 0 aliphatic carbocycles. The first-order valence-corrected chi connectivity index (χ1v) is 7.30. The van der Waals surface area contributed by atoms with Crippen LogP contribution in [0.15, 0.2) is 11.6 Å². The van der Waals surface area contributed by atoms with E-state index in [2.05, 4.69) is 14.8 Å². The van der Waals surface area contributed by atoms with Crippen molar-refractivity contribution in [1.82, 2.24) is 9.88 Å². The number of thiazole rings is 1. The number of aliphatic carboxylic acids is 1.